The number of Topliss-reactive ketones (excluding diaryl/α,β-unsaturated/α-hetero) is 1. The molecule has 0 spiro atoms. The Labute approximate surface area is 170 Å². The maximum Gasteiger partial charge on any atom is 0.221 e. The Morgan fingerprint density at radius 2 is 1.89 bits per heavy atom. The fourth-order valence-corrected chi connectivity index (χ4v) is 4.74. The summed E-state index contributed by atoms with van der Waals surface area (Å²) in [6.07, 6.45) is 0. The monoisotopic (exact) mass is 408 g/mol. The van der Waals surface area contributed by atoms with Crippen LogP contribution in [0.1, 0.15) is 22.2 Å². The highest BCUT2D eigenvalue weighted by molar-refractivity contribution is 8.04. The number of phenolic OH excluding ortho intramolecular Hbond substituents is 1. The van der Waals surface area contributed by atoms with Crippen molar-refractivity contribution in [3.63, 3.8) is 0 Å². The van der Waals surface area contributed by atoms with Gasteiger partial charge in [-0.2, -0.15) is 0 Å². The average molecular weight is 409 g/mol. The van der Waals surface area contributed by atoms with E-state index in [9.17, 15) is 14.7 Å². The molecule has 3 aromatic rings. The maximum atomic E-state index is 13.4. The fraction of sp³-hybridized carbons (Fsp3) is 0.0476. The SMILES string of the molecule is CC(=O)Nc1ccc(O)c(C(=O)C2=C(c3cccs3)Nc3ccccc3S2)c1. The third-order valence-corrected chi connectivity index (χ3v) is 6.18. The van der Waals surface area contributed by atoms with Gasteiger partial charge < -0.3 is 15.7 Å². The zero-order valence-electron chi connectivity index (χ0n) is 14.9. The number of phenols is 1. The largest absolute Gasteiger partial charge is 0.507 e. The van der Waals surface area contributed by atoms with Crippen molar-refractivity contribution in [1.29, 1.82) is 0 Å². The molecule has 2 aromatic carbocycles. The minimum Gasteiger partial charge on any atom is -0.507 e. The number of carbonyl (C=O) groups is 2. The molecule has 7 heteroatoms. The molecule has 0 aliphatic carbocycles. The quantitative estimate of drug-likeness (QED) is 0.409. The van der Waals surface area contributed by atoms with Gasteiger partial charge in [0.25, 0.3) is 0 Å². The van der Waals surface area contributed by atoms with E-state index < -0.39 is 0 Å². The highest BCUT2D eigenvalue weighted by atomic mass is 32.2. The van der Waals surface area contributed by atoms with Crippen LogP contribution >= 0.6 is 23.1 Å². The van der Waals surface area contributed by atoms with Gasteiger partial charge in [0.15, 0.2) is 0 Å². The van der Waals surface area contributed by atoms with Gasteiger partial charge in [0.05, 0.1) is 26.7 Å². The molecular formula is C21H16N2O3S2. The van der Waals surface area contributed by atoms with Crippen LogP contribution in [-0.2, 0) is 4.79 Å². The Morgan fingerprint density at radius 1 is 1.07 bits per heavy atom. The van der Waals surface area contributed by atoms with E-state index in [0.717, 1.165) is 15.5 Å². The lowest BCUT2D eigenvalue weighted by Crippen LogP contribution is -2.13. The topological polar surface area (TPSA) is 78.4 Å². The molecule has 1 amide bonds. The third-order valence-electron chi connectivity index (χ3n) is 4.12. The number of para-hydroxylation sites is 1. The molecule has 0 atom stereocenters. The Bertz CT molecular complexity index is 1100. The van der Waals surface area contributed by atoms with Gasteiger partial charge in [-0.25, -0.2) is 0 Å². The normalized spacial score (nSPS) is 12.9. The molecule has 1 aliphatic heterocycles. The van der Waals surface area contributed by atoms with Crippen LogP contribution in [0.25, 0.3) is 5.70 Å². The number of amides is 1. The van der Waals surface area contributed by atoms with Crippen molar-refractivity contribution in [3.8, 4) is 5.75 Å². The van der Waals surface area contributed by atoms with Crippen molar-refractivity contribution in [2.45, 2.75) is 11.8 Å². The summed E-state index contributed by atoms with van der Waals surface area (Å²) in [5, 5.41) is 18.3. The second kappa shape index (κ2) is 7.53. The van der Waals surface area contributed by atoms with Crippen LogP contribution in [0.15, 0.2) is 69.8 Å². The standard InChI is InChI=1S/C21H16N2O3S2/c1-12(24)22-13-8-9-16(25)14(11-13)20(26)21-19(18-7-4-10-27-18)23-15-5-2-3-6-17(15)28-21/h2-11,23,25H,1H3,(H,22,24). The zero-order chi connectivity index (χ0) is 19.7. The summed E-state index contributed by atoms with van der Waals surface area (Å²) in [5.41, 5.74) is 2.25. The van der Waals surface area contributed by atoms with E-state index in [1.165, 1.54) is 42.2 Å². The fourth-order valence-electron chi connectivity index (χ4n) is 2.89. The van der Waals surface area contributed by atoms with Crippen LogP contribution in [0.3, 0.4) is 0 Å². The summed E-state index contributed by atoms with van der Waals surface area (Å²) in [6.45, 7) is 1.39. The van der Waals surface area contributed by atoms with Crippen molar-refractivity contribution in [2.75, 3.05) is 10.6 Å². The minimum atomic E-state index is -0.305. The van der Waals surface area contributed by atoms with Gasteiger partial charge in [-0.05, 0) is 41.8 Å². The molecule has 2 heterocycles. The molecule has 0 radical (unpaired) electrons. The smallest absolute Gasteiger partial charge is 0.221 e. The van der Waals surface area contributed by atoms with Crippen LogP contribution < -0.4 is 10.6 Å². The van der Waals surface area contributed by atoms with Gasteiger partial charge >= 0.3 is 0 Å². The highest BCUT2D eigenvalue weighted by Gasteiger charge is 2.27. The number of benzene rings is 2. The number of allylic oxidation sites excluding steroid dienone is 1. The summed E-state index contributed by atoms with van der Waals surface area (Å²) in [6, 6.07) is 16.1. The number of carbonyl (C=O) groups excluding carboxylic acids is 2. The van der Waals surface area contributed by atoms with Crippen LogP contribution in [0.5, 0.6) is 5.75 Å². The van der Waals surface area contributed by atoms with Gasteiger partial charge in [0, 0.05) is 17.5 Å². The van der Waals surface area contributed by atoms with E-state index in [2.05, 4.69) is 10.6 Å². The molecule has 140 valence electrons. The van der Waals surface area contributed by atoms with Crippen molar-refractivity contribution in [2.24, 2.45) is 0 Å². The number of thioether (sulfide) groups is 1. The number of ketones is 1. The zero-order valence-corrected chi connectivity index (χ0v) is 16.5. The first-order valence-electron chi connectivity index (χ1n) is 8.50. The molecule has 1 aliphatic rings. The Kier molecular flexibility index (Phi) is 4.93. The summed E-state index contributed by atoms with van der Waals surface area (Å²) >= 11 is 2.90. The second-order valence-electron chi connectivity index (χ2n) is 6.15. The van der Waals surface area contributed by atoms with E-state index in [1.54, 1.807) is 6.07 Å². The van der Waals surface area contributed by atoms with Gasteiger partial charge in [-0.1, -0.05) is 30.0 Å². The number of thiophene rings is 1. The van der Waals surface area contributed by atoms with Crippen molar-refractivity contribution < 1.29 is 14.7 Å². The maximum absolute atomic E-state index is 13.4. The molecule has 3 N–H and O–H groups in total. The van der Waals surface area contributed by atoms with Gasteiger partial charge in [0.2, 0.25) is 11.7 Å². The van der Waals surface area contributed by atoms with Gasteiger partial charge in [-0.15, -0.1) is 11.3 Å². The number of rotatable bonds is 4. The predicted molar refractivity (Wildman–Crippen MR) is 114 cm³/mol. The van der Waals surface area contributed by atoms with E-state index >= 15 is 0 Å². The number of anilines is 2. The lowest BCUT2D eigenvalue weighted by Gasteiger charge is -2.23. The lowest BCUT2D eigenvalue weighted by molar-refractivity contribution is -0.114. The van der Waals surface area contributed by atoms with Crippen LogP contribution in [0, 0.1) is 0 Å². The molecule has 0 saturated heterocycles. The summed E-state index contributed by atoms with van der Waals surface area (Å²) in [7, 11) is 0. The average Bonchev–Trinajstić information content (AvgIpc) is 3.22. The van der Waals surface area contributed by atoms with E-state index in [0.29, 0.717) is 16.3 Å². The second-order valence-corrected chi connectivity index (χ2v) is 8.15. The molecule has 1 aromatic heterocycles. The molecule has 0 unspecified atom stereocenters. The molecular weight excluding hydrogens is 392 g/mol. The molecule has 0 bridgehead atoms. The minimum absolute atomic E-state index is 0.128. The third kappa shape index (κ3) is 3.54. The number of aromatic hydroxyl groups is 1. The summed E-state index contributed by atoms with van der Waals surface area (Å²) in [4.78, 5) is 27.1. The van der Waals surface area contributed by atoms with Crippen LogP contribution in [0.4, 0.5) is 11.4 Å². The van der Waals surface area contributed by atoms with Crippen molar-refractivity contribution in [1.82, 2.24) is 0 Å². The Morgan fingerprint density at radius 3 is 2.64 bits per heavy atom. The molecule has 28 heavy (non-hydrogen) atoms. The molecule has 0 fully saturated rings. The first-order valence-corrected chi connectivity index (χ1v) is 10.2. The molecule has 4 rings (SSSR count). The van der Waals surface area contributed by atoms with E-state index in [4.69, 9.17) is 0 Å². The Hall–Kier alpha value is -3.03. The molecule has 5 nitrogen and oxygen atoms in total. The van der Waals surface area contributed by atoms with Crippen molar-refractivity contribution >= 4 is 51.9 Å². The Balaban J connectivity index is 1.81. The number of hydrogen-bond donors (Lipinski definition) is 3. The van der Waals surface area contributed by atoms with Gasteiger partial charge in [-0.3, -0.25) is 9.59 Å². The predicted octanol–water partition coefficient (Wildman–Crippen LogP) is 5.18. The highest BCUT2D eigenvalue weighted by Crippen LogP contribution is 2.45. The van der Waals surface area contributed by atoms with Crippen LogP contribution in [-0.4, -0.2) is 16.8 Å². The van der Waals surface area contributed by atoms with Gasteiger partial charge in [0.1, 0.15) is 5.75 Å². The van der Waals surface area contributed by atoms with E-state index in [1.807, 2.05) is 41.8 Å². The van der Waals surface area contributed by atoms with Crippen LogP contribution in [0.2, 0.25) is 0 Å². The number of fused-ring (bicyclic) bond motifs is 1. The molecule has 0 saturated carbocycles. The first-order chi connectivity index (χ1) is 13.5. The lowest BCUT2D eigenvalue weighted by atomic mass is 10.1. The number of hydrogen-bond acceptors (Lipinski definition) is 6. The number of nitrogens with one attached hydrogen (secondary N) is 2. The summed E-state index contributed by atoms with van der Waals surface area (Å²) < 4.78 is 0. The van der Waals surface area contributed by atoms with Crippen molar-refractivity contribution in [3.05, 3.63) is 75.3 Å². The van der Waals surface area contributed by atoms with E-state index in [-0.39, 0.29) is 23.0 Å². The first kappa shape index (κ1) is 18.3. The summed E-state index contributed by atoms with van der Waals surface area (Å²) in [5.74, 6) is -0.679.